The van der Waals surface area contributed by atoms with Crippen LogP contribution in [0.2, 0.25) is 0 Å². The van der Waals surface area contributed by atoms with E-state index in [4.69, 9.17) is 9.47 Å². The van der Waals surface area contributed by atoms with E-state index in [0.29, 0.717) is 24.0 Å². The van der Waals surface area contributed by atoms with Crippen molar-refractivity contribution in [3.8, 4) is 11.5 Å². The summed E-state index contributed by atoms with van der Waals surface area (Å²) in [5.41, 5.74) is 1.80. The van der Waals surface area contributed by atoms with Crippen LogP contribution in [0.5, 0.6) is 11.5 Å². The van der Waals surface area contributed by atoms with E-state index in [-0.39, 0.29) is 17.6 Å². The summed E-state index contributed by atoms with van der Waals surface area (Å²) in [6, 6.07) is 11.8. The fraction of sp³-hybridized carbons (Fsp3) is 0.350. The van der Waals surface area contributed by atoms with Gasteiger partial charge in [-0.2, -0.15) is 0 Å². The van der Waals surface area contributed by atoms with E-state index in [1.165, 1.54) is 12.1 Å². The number of ether oxygens (including phenoxy) is 2. The quantitative estimate of drug-likeness (QED) is 0.835. The van der Waals surface area contributed by atoms with Crippen LogP contribution in [0.15, 0.2) is 42.5 Å². The van der Waals surface area contributed by atoms with Crippen molar-refractivity contribution in [1.29, 1.82) is 0 Å². The zero-order chi connectivity index (χ0) is 17.8. The van der Waals surface area contributed by atoms with Crippen molar-refractivity contribution in [2.24, 2.45) is 5.92 Å². The Labute approximate surface area is 147 Å². The van der Waals surface area contributed by atoms with Crippen LogP contribution in [0.4, 0.5) is 4.39 Å². The third kappa shape index (κ3) is 4.10. The maximum absolute atomic E-state index is 13.1. The highest BCUT2D eigenvalue weighted by atomic mass is 19.1. The van der Waals surface area contributed by atoms with Gasteiger partial charge in [0.2, 0.25) is 5.91 Å². The van der Waals surface area contributed by atoms with Gasteiger partial charge in [-0.05, 0) is 54.2 Å². The largest absolute Gasteiger partial charge is 0.493 e. The molecule has 0 spiro atoms. The minimum atomic E-state index is -0.288. The van der Waals surface area contributed by atoms with E-state index in [1.807, 2.05) is 18.2 Å². The van der Waals surface area contributed by atoms with E-state index in [9.17, 15) is 9.18 Å². The van der Waals surface area contributed by atoms with Gasteiger partial charge in [-0.1, -0.05) is 18.2 Å². The molecule has 0 heterocycles. The monoisotopic (exact) mass is 343 g/mol. The Morgan fingerprint density at radius 2 is 1.80 bits per heavy atom. The van der Waals surface area contributed by atoms with Gasteiger partial charge >= 0.3 is 0 Å². The molecular formula is C20H22FNO3. The predicted octanol–water partition coefficient (Wildman–Crippen LogP) is 3.65. The molecule has 132 valence electrons. The Kier molecular flexibility index (Phi) is 5.22. The Balaban J connectivity index is 1.69. The minimum absolute atomic E-state index is 0.0242. The number of halogens is 1. The lowest BCUT2D eigenvalue weighted by Gasteiger charge is -2.17. The van der Waals surface area contributed by atoms with Crippen molar-refractivity contribution in [2.75, 3.05) is 14.2 Å². The Morgan fingerprint density at radius 1 is 1.12 bits per heavy atom. The highest BCUT2D eigenvalue weighted by molar-refractivity contribution is 5.84. The number of rotatable bonds is 7. The third-order valence-electron chi connectivity index (χ3n) is 4.52. The van der Waals surface area contributed by atoms with Crippen molar-refractivity contribution < 1.29 is 18.7 Å². The van der Waals surface area contributed by atoms with Gasteiger partial charge in [-0.3, -0.25) is 4.79 Å². The van der Waals surface area contributed by atoms with Crippen molar-refractivity contribution in [2.45, 2.75) is 25.3 Å². The smallest absolute Gasteiger partial charge is 0.228 e. The van der Waals surface area contributed by atoms with Gasteiger partial charge in [0.05, 0.1) is 20.1 Å². The fourth-order valence-corrected chi connectivity index (χ4v) is 3.03. The number of methoxy groups -OCH3 is 2. The molecule has 1 unspecified atom stereocenters. The van der Waals surface area contributed by atoms with Gasteiger partial charge in [0.25, 0.3) is 0 Å². The molecule has 25 heavy (non-hydrogen) atoms. The summed E-state index contributed by atoms with van der Waals surface area (Å²) in [7, 11) is 3.17. The first-order valence-electron chi connectivity index (χ1n) is 8.36. The number of hydrogen-bond acceptors (Lipinski definition) is 3. The molecule has 0 saturated heterocycles. The molecule has 2 aromatic rings. The molecule has 2 aromatic carbocycles. The first kappa shape index (κ1) is 17.3. The van der Waals surface area contributed by atoms with Crippen molar-refractivity contribution in [3.05, 3.63) is 59.4 Å². The second-order valence-electron chi connectivity index (χ2n) is 6.27. The van der Waals surface area contributed by atoms with E-state index < -0.39 is 0 Å². The van der Waals surface area contributed by atoms with Gasteiger partial charge in [0.15, 0.2) is 11.5 Å². The summed E-state index contributed by atoms with van der Waals surface area (Å²) in [5, 5.41) is 2.99. The highest BCUT2D eigenvalue weighted by Gasteiger charge is 2.37. The summed E-state index contributed by atoms with van der Waals surface area (Å²) in [5.74, 6) is 1.09. The number of benzene rings is 2. The molecule has 3 rings (SSSR count). The molecule has 0 aliphatic heterocycles. The molecule has 1 saturated carbocycles. The number of carbonyl (C=O) groups excluding carboxylic acids is 1. The van der Waals surface area contributed by atoms with Crippen molar-refractivity contribution in [1.82, 2.24) is 5.32 Å². The van der Waals surface area contributed by atoms with Crippen LogP contribution in [0, 0.1) is 11.7 Å². The van der Waals surface area contributed by atoms with Crippen LogP contribution in [0.1, 0.15) is 29.9 Å². The SMILES string of the molecule is COc1ccc(CNC(=O)C(c2ccc(F)cc2)C2CC2)cc1OC. The normalized spacial score (nSPS) is 14.7. The lowest BCUT2D eigenvalue weighted by molar-refractivity contribution is -0.123. The first-order chi connectivity index (χ1) is 12.1. The third-order valence-corrected chi connectivity index (χ3v) is 4.52. The maximum atomic E-state index is 13.1. The number of hydrogen-bond donors (Lipinski definition) is 1. The molecule has 1 fully saturated rings. The summed E-state index contributed by atoms with van der Waals surface area (Å²) in [6.07, 6.45) is 2.07. The summed E-state index contributed by atoms with van der Waals surface area (Å²) in [6.45, 7) is 0.406. The van der Waals surface area contributed by atoms with Crippen LogP contribution in [-0.4, -0.2) is 20.1 Å². The molecule has 4 nitrogen and oxygen atoms in total. The fourth-order valence-electron chi connectivity index (χ4n) is 3.03. The average molecular weight is 343 g/mol. The van der Waals surface area contributed by atoms with Gasteiger partial charge < -0.3 is 14.8 Å². The predicted molar refractivity (Wildman–Crippen MR) is 93.3 cm³/mol. The van der Waals surface area contributed by atoms with E-state index >= 15 is 0 Å². The van der Waals surface area contributed by atoms with Gasteiger partial charge in [-0.15, -0.1) is 0 Å². The molecule has 5 heteroatoms. The van der Waals surface area contributed by atoms with Gasteiger partial charge in [0, 0.05) is 6.54 Å². The molecular weight excluding hydrogens is 321 g/mol. The minimum Gasteiger partial charge on any atom is -0.493 e. The molecule has 1 N–H and O–H groups in total. The lowest BCUT2D eigenvalue weighted by atomic mass is 9.93. The summed E-state index contributed by atoms with van der Waals surface area (Å²) < 4.78 is 23.7. The first-order valence-corrected chi connectivity index (χ1v) is 8.36. The molecule has 0 bridgehead atoms. The van der Waals surface area contributed by atoms with Crippen molar-refractivity contribution >= 4 is 5.91 Å². The Morgan fingerprint density at radius 3 is 2.40 bits per heavy atom. The van der Waals surface area contributed by atoms with Crippen LogP contribution < -0.4 is 14.8 Å². The standard InChI is InChI=1S/C20H22FNO3/c1-24-17-10-3-13(11-18(17)25-2)12-22-20(23)19(14-4-5-14)15-6-8-16(21)9-7-15/h3,6-11,14,19H,4-5,12H2,1-2H3,(H,22,23). The number of nitrogens with one attached hydrogen (secondary N) is 1. The molecule has 1 atom stereocenters. The highest BCUT2D eigenvalue weighted by Crippen LogP contribution is 2.42. The van der Waals surface area contributed by atoms with Crippen LogP contribution in [0.25, 0.3) is 0 Å². The topological polar surface area (TPSA) is 47.6 Å². The summed E-state index contributed by atoms with van der Waals surface area (Å²) >= 11 is 0. The maximum Gasteiger partial charge on any atom is 0.228 e. The number of amides is 1. The molecule has 1 aliphatic carbocycles. The van der Waals surface area contributed by atoms with E-state index in [1.54, 1.807) is 26.4 Å². The molecule has 1 amide bonds. The molecule has 0 aromatic heterocycles. The molecule has 0 radical (unpaired) electrons. The Bertz CT molecular complexity index is 741. The second-order valence-corrected chi connectivity index (χ2v) is 6.27. The zero-order valence-electron chi connectivity index (χ0n) is 14.4. The zero-order valence-corrected chi connectivity index (χ0v) is 14.4. The van der Waals surface area contributed by atoms with Gasteiger partial charge in [0.1, 0.15) is 5.82 Å². The van der Waals surface area contributed by atoms with E-state index in [0.717, 1.165) is 24.0 Å². The van der Waals surface area contributed by atoms with Crippen molar-refractivity contribution in [3.63, 3.8) is 0 Å². The van der Waals surface area contributed by atoms with Crippen LogP contribution in [-0.2, 0) is 11.3 Å². The van der Waals surface area contributed by atoms with Gasteiger partial charge in [-0.25, -0.2) is 4.39 Å². The average Bonchev–Trinajstić information content (AvgIpc) is 3.46. The molecule has 1 aliphatic rings. The lowest BCUT2D eigenvalue weighted by Crippen LogP contribution is -2.30. The second kappa shape index (κ2) is 7.55. The van der Waals surface area contributed by atoms with Crippen LogP contribution >= 0.6 is 0 Å². The number of carbonyl (C=O) groups is 1. The van der Waals surface area contributed by atoms with E-state index in [2.05, 4.69) is 5.32 Å². The summed E-state index contributed by atoms with van der Waals surface area (Å²) in [4.78, 5) is 12.7. The van der Waals surface area contributed by atoms with Crippen LogP contribution in [0.3, 0.4) is 0 Å². The Hall–Kier alpha value is -2.56.